The van der Waals surface area contributed by atoms with Crippen molar-refractivity contribution in [3.8, 4) is 0 Å². The zero-order valence-electron chi connectivity index (χ0n) is 15.2. The molecule has 2 rings (SSSR count). The molecule has 140 valence electrons. The number of anilines is 1. The van der Waals surface area contributed by atoms with Crippen LogP contribution in [0.25, 0.3) is 0 Å². The zero-order valence-corrected chi connectivity index (χ0v) is 16.0. The molecule has 1 fully saturated rings. The fourth-order valence-corrected chi connectivity index (χ4v) is 5.22. The Hall–Kier alpha value is -1.44. The summed E-state index contributed by atoms with van der Waals surface area (Å²) < 4.78 is 23.5. The normalized spacial score (nSPS) is 22.3. The van der Waals surface area contributed by atoms with Crippen molar-refractivity contribution in [1.29, 1.82) is 0 Å². The Balaban J connectivity index is 2.11. The van der Waals surface area contributed by atoms with Gasteiger partial charge in [0.2, 0.25) is 5.91 Å². The molecule has 1 aromatic rings. The predicted octanol–water partition coefficient (Wildman–Crippen LogP) is 1.23. The van der Waals surface area contributed by atoms with Gasteiger partial charge >= 0.3 is 0 Å². The number of hydrogen-bond acceptors (Lipinski definition) is 5. The van der Waals surface area contributed by atoms with Gasteiger partial charge in [0.1, 0.15) is 0 Å². The zero-order chi connectivity index (χ0) is 18.6. The number of likely N-dealkylation sites (N-methyl/N-ethyl adjacent to an activating group) is 1. The summed E-state index contributed by atoms with van der Waals surface area (Å²) in [7, 11) is -3.24. The molecule has 2 atom stereocenters. The molecule has 0 spiro atoms. The van der Waals surface area contributed by atoms with E-state index in [1.54, 1.807) is 4.90 Å². The van der Waals surface area contributed by atoms with Crippen molar-refractivity contribution < 1.29 is 18.3 Å². The SMILES string of the molecule is CCc1cccc(CC)c1NC(=O)CN(CC)C1CS(=O)(=O)CC1O. The number of benzene rings is 1. The van der Waals surface area contributed by atoms with E-state index in [1.165, 1.54) is 0 Å². The number of amides is 1. The molecule has 1 aromatic carbocycles. The van der Waals surface area contributed by atoms with Crippen molar-refractivity contribution in [3.63, 3.8) is 0 Å². The summed E-state index contributed by atoms with van der Waals surface area (Å²) in [6.45, 7) is 6.52. The Bertz CT molecular complexity index is 696. The summed E-state index contributed by atoms with van der Waals surface area (Å²) in [5.41, 5.74) is 3.02. The van der Waals surface area contributed by atoms with E-state index >= 15 is 0 Å². The lowest BCUT2D eigenvalue weighted by Crippen LogP contribution is -2.46. The summed E-state index contributed by atoms with van der Waals surface area (Å²) in [5.74, 6) is -0.510. The van der Waals surface area contributed by atoms with E-state index < -0.39 is 22.0 Å². The van der Waals surface area contributed by atoms with Gasteiger partial charge in [-0.1, -0.05) is 39.0 Å². The number of sulfone groups is 1. The highest BCUT2D eigenvalue weighted by molar-refractivity contribution is 7.91. The molecule has 0 aliphatic carbocycles. The smallest absolute Gasteiger partial charge is 0.238 e. The second-order valence-corrected chi connectivity index (χ2v) is 8.64. The largest absolute Gasteiger partial charge is 0.390 e. The van der Waals surface area contributed by atoms with Crippen LogP contribution in [0, 0.1) is 0 Å². The number of aryl methyl sites for hydroxylation is 2. The van der Waals surface area contributed by atoms with E-state index in [4.69, 9.17) is 0 Å². The molecular weight excluding hydrogens is 340 g/mol. The van der Waals surface area contributed by atoms with E-state index in [9.17, 15) is 18.3 Å². The molecule has 1 aliphatic rings. The maximum atomic E-state index is 12.6. The lowest BCUT2D eigenvalue weighted by atomic mass is 10.0. The number of aliphatic hydroxyl groups is 1. The van der Waals surface area contributed by atoms with Gasteiger partial charge in [-0.05, 0) is 30.5 Å². The highest BCUT2D eigenvalue weighted by atomic mass is 32.2. The lowest BCUT2D eigenvalue weighted by molar-refractivity contribution is -0.118. The number of hydrogen-bond donors (Lipinski definition) is 2. The van der Waals surface area contributed by atoms with E-state index in [0.717, 1.165) is 29.7 Å². The van der Waals surface area contributed by atoms with Crippen molar-refractivity contribution in [3.05, 3.63) is 29.3 Å². The third kappa shape index (κ3) is 4.80. The molecule has 1 heterocycles. The Kier molecular flexibility index (Phi) is 6.59. The second-order valence-electron chi connectivity index (χ2n) is 6.48. The van der Waals surface area contributed by atoms with Crippen LogP contribution in [0.3, 0.4) is 0 Å². The van der Waals surface area contributed by atoms with Crippen LogP contribution in [-0.4, -0.2) is 61.1 Å². The number of para-hydroxylation sites is 1. The Morgan fingerprint density at radius 2 is 1.80 bits per heavy atom. The molecule has 25 heavy (non-hydrogen) atoms. The van der Waals surface area contributed by atoms with Crippen LogP contribution in [-0.2, 0) is 27.5 Å². The van der Waals surface area contributed by atoms with Gasteiger partial charge in [-0.3, -0.25) is 9.69 Å². The minimum atomic E-state index is -3.24. The van der Waals surface area contributed by atoms with E-state index in [1.807, 2.05) is 39.0 Å². The van der Waals surface area contributed by atoms with Gasteiger partial charge in [0.25, 0.3) is 0 Å². The summed E-state index contributed by atoms with van der Waals surface area (Å²) in [5, 5.41) is 13.0. The first kappa shape index (κ1) is 19.9. The van der Waals surface area contributed by atoms with Crippen LogP contribution in [0.15, 0.2) is 18.2 Å². The highest BCUT2D eigenvalue weighted by Crippen LogP contribution is 2.23. The van der Waals surface area contributed by atoms with Gasteiger partial charge in [0.15, 0.2) is 9.84 Å². The van der Waals surface area contributed by atoms with Gasteiger partial charge in [0.05, 0.1) is 30.2 Å². The van der Waals surface area contributed by atoms with Crippen molar-refractivity contribution in [2.24, 2.45) is 0 Å². The van der Waals surface area contributed by atoms with Crippen molar-refractivity contribution in [2.75, 3.05) is 29.9 Å². The van der Waals surface area contributed by atoms with Crippen LogP contribution in [0.2, 0.25) is 0 Å². The number of carbonyl (C=O) groups is 1. The lowest BCUT2D eigenvalue weighted by Gasteiger charge is -2.28. The number of carbonyl (C=O) groups excluding carboxylic acids is 1. The third-order valence-corrected chi connectivity index (χ3v) is 6.48. The fraction of sp³-hybridized carbons (Fsp3) is 0.611. The standard InChI is InChI=1S/C18H28N2O4S/c1-4-13-8-7-9-14(5-2)18(13)19-17(22)10-20(6-3)15-11-25(23,24)12-16(15)21/h7-9,15-16,21H,4-6,10-12H2,1-3H3,(H,19,22). The van der Waals surface area contributed by atoms with Gasteiger partial charge in [-0.2, -0.15) is 0 Å². The minimum absolute atomic E-state index is 0.0644. The van der Waals surface area contributed by atoms with Crippen LogP contribution in [0.5, 0.6) is 0 Å². The van der Waals surface area contributed by atoms with Crippen LogP contribution in [0.4, 0.5) is 5.69 Å². The topological polar surface area (TPSA) is 86.7 Å². The summed E-state index contributed by atoms with van der Waals surface area (Å²) >= 11 is 0. The quantitative estimate of drug-likeness (QED) is 0.756. The first-order chi connectivity index (χ1) is 11.8. The first-order valence-corrected chi connectivity index (χ1v) is 10.7. The molecule has 2 unspecified atom stereocenters. The van der Waals surface area contributed by atoms with E-state index in [-0.39, 0.29) is 24.0 Å². The molecule has 0 bridgehead atoms. The predicted molar refractivity (Wildman–Crippen MR) is 99.5 cm³/mol. The Morgan fingerprint density at radius 3 is 2.24 bits per heavy atom. The molecule has 1 aliphatic heterocycles. The molecule has 1 saturated heterocycles. The fourth-order valence-electron chi connectivity index (χ4n) is 3.39. The summed E-state index contributed by atoms with van der Waals surface area (Å²) in [6.07, 6.45) is 0.702. The van der Waals surface area contributed by atoms with Crippen molar-refractivity contribution >= 4 is 21.4 Å². The monoisotopic (exact) mass is 368 g/mol. The minimum Gasteiger partial charge on any atom is -0.390 e. The average Bonchev–Trinajstić information content (AvgIpc) is 2.85. The second kappa shape index (κ2) is 8.29. The van der Waals surface area contributed by atoms with Gasteiger partial charge in [-0.15, -0.1) is 0 Å². The van der Waals surface area contributed by atoms with Crippen LogP contribution >= 0.6 is 0 Å². The molecule has 6 nitrogen and oxygen atoms in total. The first-order valence-electron chi connectivity index (χ1n) is 8.84. The summed E-state index contributed by atoms with van der Waals surface area (Å²) in [4.78, 5) is 14.3. The highest BCUT2D eigenvalue weighted by Gasteiger charge is 2.40. The molecule has 7 heteroatoms. The average molecular weight is 368 g/mol. The number of rotatable bonds is 7. The molecule has 1 amide bonds. The van der Waals surface area contributed by atoms with Gasteiger partial charge in [-0.25, -0.2) is 8.42 Å². The Labute approximate surface area is 150 Å². The number of nitrogens with zero attached hydrogens (tertiary/aromatic N) is 1. The number of nitrogens with one attached hydrogen (secondary N) is 1. The van der Waals surface area contributed by atoms with Crippen molar-refractivity contribution in [1.82, 2.24) is 4.90 Å². The maximum absolute atomic E-state index is 12.6. The third-order valence-electron chi connectivity index (χ3n) is 4.78. The van der Waals surface area contributed by atoms with E-state index in [0.29, 0.717) is 6.54 Å². The van der Waals surface area contributed by atoms with E-state index in [2.05, 4.69) is 5.32 Å². The molecule has 0 aromatic heterocycles. The maximum Gasteiger partial charge on any atom is 0.238 e. The van der Waals surface area contributed by atoms with Gasteiger partial charge < -0.3 is 10.4 Å². The Morgan fingerprint density at radius 1 is 1.20 bits per heavy atom. The molecular formula is C18H28N2O4S. The van der Waals surface area contributed by atoms with Crippen molar-refractivity contribution in [2.45, 2.75) is 45.8 Å². The molecule has 2 N–H and O–H groups in total. The molecule has 0 radical (unpaired) electrons. The van der Waals surface area contributed by atoms with Crippen LogP contribution in [0.1, 0.15) is 31.9 Å². The van der Waals surface area contributed by atoms with Crippen LogP contribution < -0.4 is 5.32 Å². The summed E-state index contributed by atoms with van der Waals surface area (Å²) in [6, 6.07) is 5.47. The molecule has 0 saturated carbocycles. The number of aliphatic hydroxyl groups excluding tert-OH is 1. The van der Waals surface area contributed by atoms with Gasteiger partial charge in [0, 0.05) is 5.69 Å².